The molecule has 1 aliphatic rings. The summed E-state index contributed by atoms with van der Waals surface area (Å²) < 4.78 is 29.6. The third kappa shape index (κ3) is 7.15. The van der Waals surface area contributed by atoms with Gasteiger partial charge in [0.2, 0.25) is 0 Å². The van der Waals surface area contributed by atoms with Crippen molar-refractivity contribution < 1.29 is 13.5 Å². The maximum atomic E-state index is 12.5. The standard InChI is InChI=1S/C19H30F2N4O/c1-3-22-19(23-11-8-15-9-12-25(2)13-10-15)24-14-16-6-4-5-7-17(16)26-18(20)21/h4-7,15,18H,3,8-14H2,1-2H3,(H2,22,23,24). The number of nitrogens with one attached hydrogen (secondary N) is 2. The van der Waals surface area contributed by atoms with Crippen LogP contribution >= 0.6 is 0 Å². The number of hydrogen-bond donors (Lipinski definition) is 2. The van der Waals surface area contributed by atoms with Crippen LogP contribution < -0.4 is 15.4 Å². The molecule has 2 N–H and O–H groups in total. The largest absolute Gasteiger partial charge is 0.434 e. The van der Waals surface area contributed by atoms with E-state index in [1.54, 1.807) is 18.2 Å². The summed E-state index contributed by atoms with van der Waals surface area (Å²) in [6, 6.07) is 6.76. The van der Waals surface area contributed by atoms with Gasteiger partial charge in [-0.3, -0.25) is 0 Å². The van der Waals surface area contributed by atoms with E-state index in [1.807, 2.05) is 6.92 Å². The van der Waals surface area contributed by atoms with Crippen LogP contribution in [0.4, 0.5) is 8.78 Å². The van der Waals surface area contributed by atoms with Gasteiger partial charge < -0.3 is 20.3 Å². The predicted molar refractivity (Wildman–Crippen MR) is 101 cm³/mol. The molecule has 0 aliphatic carbocycles. The van der Waals surface area contributed by atoms with Crippen molar-refractivity contribution in [3.05, 3.63) is 29.8 Å². The summed E-state index contributed by atoms with van der Waals surface area (Å²) in [6.45, 7) is 3.39. The first-order valence-electron chi connectivity index (χ1n) is 9.32. The second-order valence-corrected chi connectivity index (χ2v) is 6.64. The van der Waals surface area contributed by atoms with E-state index in [1.165, 1.54) is 32.0 Å². The summed E-state index contributed by atoms with van der Waals surface area (Å²) in [5.74, 6) is 1.63. The SMILES string of the molecule is CCNC(=NCc1ccccc1OC(F)F)NCCC1CCN(C)CC1. The van der Waals surface area contributed by atoms with Crippen molar-refractivity contribution in [3.8, 4) is 5.75 Å². The quantitative estimate of drug-likeness (QED) is 0.547. The van der Waals surface area contributed by atoms with Crippen LogP contribution in [0.25, 0.3) is 0 Å². The van der Waals surface area contributed by atoms with Crippen molar-refractivity contribution in [2.75, 3.05) is 33.2 Å². The first-order valence-corrected chi connectivity index (χ1v) is 9.32. The second-order valence-electron chi connectivity index (χ2n) is 6.64. The van der Waals surface area contributed by atoms with E-state index in [-0.39, 0.29) is 12.3 Å². The zero-order valence-corrected chi connectivity index (χ0v) is 15.7. The van der Waals surface area contributed by atoms with Gasteiger partial charge in [0.05, 0.1) is 6.54 Å². The summed E-state index contributed by atoms with van der Waals surface area (Å²) in [5, 5.41) is 6.55. The van der Waals surface area contributed by atoms with E-state index in [9.17, 15) is 8.78 Å². The van der Waals surface area contributed by atoms with Crippen LogP contribution in [0, 0.1) is 5.92 Å². The summed E-state index contributed by atoms with van der Waals surface area (Å²) in [5.41, 5.74) is 0.639. The zero-order chi connectivity index (χ0) is 18.8. The lowest BCUT2D eigenvalue weighted by molar-refractivity contribution is -0.0504. The Morgan fingerprint density at radius 2 is 2.00 bits per heavy atom. The van der Waals surface area contributed by atoms with Gasteiger partial charge in [-0.15, -0.1) is 0 Å². The molecule has 0 atom stereocenters. The number of para-hydroxylation sites is 1. The predicted octanol–water partition coefficient (Wildman–Crippen LogP) is 3.08. The van der Waals surface area contributed by atoms with Crippen LogP contribution in [-0.4, -0.2) is 50.7 Å². The number of alkyl halides is 2. The molecule has 0 radical (unpaired) electrons. The van der Waals surface area contributed by atoms with Crippen molar-refractivity contribution in [3.63, 3.8) is 0 Å². The molecule has 0 spiro atoms. The number of halogens is 2. The minimum Gasteiger partial charge on any atom is -0.434 e. The van der Waals surface area contributed by atoms with Gasteiger partial charge in [0, 0.05) is 18.7 Å². The van der Waals surface area contributed by atoms with Crippen LogP contribution in [0.1, 0.15) is 31.7 Å². The molecule has 1 heterocycles. The molecule has 146 valence electrons. The smallest absolute Gasteiger partial charge is 0.387 e. The van der Waals surface area contributed by atoms with Gasteiger partial charge in [-0.25, -0.2) is 4.99 Å². The van der Waals surface area contributed by atoms with Crippen LogP contribution in [0.5, 0.6) is 5.75 Å². The fraction of sp³-hybridized carbons (Fsp3) is 0.632. The molecule has 0 bridgehead atoms. The molecule has 0 amide bonds. The maximum absolute atomic E-state index is 12.5. The summed E-state index contributed by atoms with van der Waals surface area (Å²) in [4.78, 5) is 6.88. The molecule has 0 aromatic heterocycles. The fourth-order valence-corrected chi connectivity index (χ4v) is 3.10. The number of aliphatic imine (C=N–C) groups is 1. The highest BCUT2D eigenvalue weighted by molar-refractivity contribution is 5.79. The highest BCUT2D eigenvalue weighted by Gasteiger charge is 2.16. The molecule has 1 saturated heterocycles. The van der Waals surface area contributed by atoms with Gasteiger partial charge in [0.25, 0.3) is 0 Å². The monoisotopic (exact) mass is 368 g/mol. The lowest BCUT2D eigenvalue weighted by atomic mass is 9.94. The van der Waals surface area contributed by atoms with E-state index in [0.29, 0.717) is 11.5 Å². The minimum absolute atomic E-state index is 0.174. The van der Waals surface area contributed by atoms with Gasteiger partial charge >= 0.3 is 6.61 Å². The Morgan fingerprint density at radius 3 is 2.69 bits per heavy atom. The Kier molecular flexibility index (Phi) is 8.61. The molecule has 1 aromatic carbocycles. The number of piperidine rings is 1. The summed E-state index contributed by atoms with van der Waals surface area (Å²) in [7, 11) is 2.17. The Hall–Kier alpha value is -1.89. The zero-order valence-electron chi connectivity index (χ0n) is 15.7. The third-order valence-corrected chi connectivity index (χ3v) is 4.62. The molecule has 0 saturated carbocycles. The number of rotatable bonds is 8. The van der Waals surface area contributed by atoms with Gasteiger partial charge in [-0.2, -0.15) is 8.78 Å². The third-order valence-electron chi connectivity index (χ3n) is 4.62. The number of nitrogens with zero attached hydrogens (tertiary/aromatic N) is 2. The Morgan fingerprint density at radius 1 is 1.27 bits per heavy atom. The molecule has 2 rings (SSSR count). The van der Waals surface area contributed by atoms with Crippen molar-refractivity contribution in [1.29, 1.82) is 0 Å². The van der Waals surface area contributed by atoms with Gasteiger partial charge in [0.15, 0.2) is 5.96 Å². The molecular weight excluding hydrogens is 338 g/mol. The summed E-state index contributed by atoms with van der Waals surface area (Å²) >= 11 is 0. The molecular formula is C19H30F2N4O. The lowest BCUT2D eigenvalue weighted by Crippen LogP contribution is -2.39. The van der Waals surface area contributed by atoms with E-state index in [0.717, 1.165) is 25.4 Å². The minimum atomic E-state index is -2.83. The Bertz CT molecular complexity index is 560. The maximum Gasteiger partial charge on any atom is 0.387 e. The van der Waals surface area contributed by atoms with E-state index in [2.05, 4.69) is 32.3 Å². The Balaban J connectivity index is 1.86. The number of benzene rings is 1. The van der Waals surface area contributed by atoms with Gasteiger partial charge in [0.1, 0.15) is 5.75 Å². The van der Waals surface area contributed by atoms with Gasteiger partial charge in [-0.1, -0.05) is 18.2 Å². The highest BCUT2D eigenvalue weighted by atomic mass is 19.3. The normalized spacial score (nSPS) is 16.7. The molecule has 1 aromatic rings. The highest BCUT2D eigenvalue weighted by Crippen LogP contribution is 2.21. The van der Waals surface area contributed by atoms with E-state index in [4.69, 9.17) is 0 Å². The average molecular weight is 368 g/mol. The molecule has 7 heteroatoms. The van der Waals surface area contributed by atoms with Crippen LogP contribution in [0.2, 0.25) is 0 Å². The molecule has 0 unspecified atom stereocenters. The second kappa shape index (κ2) is 11.0. The van der Waals surface area contributed by atoms with Crippen molar-refractivity contribution in [2.24, 2.45) is 10.9 Å². The Labute approximate surface area is 154 Å². The molecule has 5 nitrogen and oxygen atoms in total. The van der Waals surface area contributed by atoms with Gasteiger partial charge in [-0.05, 0) is 58.3 Å². The molecule has 1 fully saturated rings. The van der Waals surface area contributed by atoms with Crippen molar-refractivity contribution in [1.82, 2.24) is 15.5 Å². The number of ether oxygens (including phenoxy) is 1. The number of guanidine groups is 1. The van der Waals surface area contributed by atoms with Crippen molar-refractivity contribution in [2.45, 2.75) is 39.3 Å². The van der Waals surface area contributed by atoms with Crippen LogP contribution in [-0.2, 0) is 6.54 Å². The van der Waals surface area contributed by atoms with Crippen LogP contribution in [0.3, 0.4) is 0 Å². The number of hydrogen-bond acceptors (Lipinski definition) is 3. The van der Waals surface area contributed by atoms with E-state index >= 15 is 0 Å². The first kappa shape index (κ1) is 20.4. The van der Waals surface area contributed by atoms with Crippen LogP contribution in [0.15, 0.2) is 29.3 Å². The first-order chi connectivity index (χ1) is 12.6. The fourth-order valence-electron chi connectivity index (χ4n) is 3.10. The topological polar surface area (TPSA) is 48.9 Å². The molecule has 26 heavy (non-hydrogen) atoms. The van der Waals surface area contributed by atoms with E-state index < -0.39 is 6.61 Å². The average Bonchev–Trinajstić information content (AvgIpc) is 2.62. The summed E-state index contributed by atoms with van der Waals surface area (Å²) in [6.07, 6.45) is 3.59. The lowest BCUT2D eigenvalue weighted by Gasteiger charge is -2.29. The number of likely N-dealkylation sites (tertiary alicyclic amines) is 1. The molecule has 1 aliphatic heterocycles. The van der Waals surface area contributed by atoms with Crippen molar-refractivity contribution >= 4 is 5.96 Å².